The maximum absolute atomic E-state index is 12.7. The first-order valence-corrected chi connectivity index (χ1v) is 11.1. The second-order valence-electron chi connectivity index (χ2n) is 7.50. The summed E-state index contributed by atoms with van der Waals surface area (Å²) < 4.78 is 33.4. The second-order valence-corrected chi connectivity index (χ2v) is 9.27. The van der Waals surface area contributed by atoms with E-state index in [9.17, 15) is 13.2 Å². The molecule has 4 rings (SSSR count). The molecule has 2 heterocycles. The van der Waals surface area contributed by atoms with Gasteiger partial charge in [-0.1, -0.05) is 6.42 Å². The molecule has 1 saturated carbocycles. The summed E-state index contributed by atoms with van der Waals surface area (Å²) in [5, 5.41) is 0. The Bertz CT molecular complexity index is 783. The first-order valence-electron chi connectivity index (χ1n) is 9.60. The zero-order valence-corrected chi connectivity index (χ0v) is 15.8. The van der Waals surface area contributed by atoms with Crippen LogP contribution in [-0.2, 0) is 26.0 Å². The third kappa shape index (κ3) is 3.52. The molecular formula is C19H26N2O4S. The van der Waals surface area contributed by atoms with Crippen LogP contribution < -0.4 is 9.62 Å². The fourth-order valence-corrected chi connectivity index (χ4v) is 5.05. The van der Waals surface area contributed by atoms with E-state index in [0.717, 1.165) is 62.7 Å². The average Bonchev–Trinajstić information content (AvgIpc) is 3.11. The molecule has 7 heteroatoms. The number of hydrogen-bond acceptors (Lipinski definition) is 4. The summed E-state index contributed by atoms with van der Waals surface area (Å²) >= 11 is 0. The predicted octanol–water partition coefficient (Wildman–Crippen LogP) is 2.22. The normalized spacial score (nSPS) is 23.5. The molecule has 26 heavy (non-hydrogen) atoms. The van der Waals surface area contributed by atoms with Gasteiger partial charge in [0.1, 0.15) is 0 Å². The van der Waals surface area contributed by atoms with Crippen LogP contribution in [0.25, 0.3) is 0 Å². The van der Waals surface area contributed by atoms with Crippen LogP contribution in [-0.4, -0.2) is 40.1 Å². The second kappa shape index (κ2) is 7.29. The monoisotopic (exact) mass is 378 g/mol. The maximum Gasteiger partial charge on any atom is 0.240 e. The van der Waals surface area contributed by atoms with E-state index in [1.54, 1.807) is 18.2 Å². The third-order valence-electron chi connectivity index (χ3n) is 5.73. The van der Waals surface area contributed by atoms with Gasteiger partial charge in [0.05, 0.1) is 11.0 Å². The maximum atomic E-state index is 12.7. The van der Waals surface area contributed by atoms with E-state index >= 15 is 0 Å². The molecule has 2 aliphatic heterocycles. The van der Waals surface area contributed by atoms with Crippen LogP contribution in [0, 0.1) is 5.92 Å². The highest BCUT2D eigenvalue weighted by atomic mass is 32.2. The van der Waals surface area contributed by atoms with E-state index in [-0.39, 0.29) is 22.8 Å². The summed E-state index contributed by atoms with van der Waals surface area (Å²) in [7, 11) is -3.56. The van der Waals surface area contributed by atoms with Crippen molar-refractivity contribution in [1.82, 2.24) is 4.72 Å². The first-order chi connectivity index (χ1) is 12.5. The Hall–Kier alpha value is -1.44. The van der Waals surface area contributed by atoms with Crippen molar-refractivity contribution in [2.45, 2.75) is 55.9 Å². The van der Waals surface area contributed by atoms with Crippen LogP contribution in [0.5, 0.6) is 0 Å². The van der Waals surface area contributed by atoms with Crippen LogP contribution in [0.3, 0.4) is 0 Å². The molecule has 6 nitrogen and oxygen atoms in total. The summed E-state index contributed by atoms with van der Waals surface area (Å²) in [6.07, 6.45) is 6.61. The van der Waals surface area contributed by atoms with Gasteiger partial charge in [-0.3, -0.25) is 4.79 Å². The van der Waals surface area contributed by atoms with Gasteiger partial charge in [-0.2, -0.15) is 0 Å². The van der Waals surface area contributed by atoms with Crippen LogP contribution >= 0.6 is 0 Å². The molecule has 1 aliphatic carbocycles. The molecule has 1 unspecified atom stereocenters. The Morgan fingerprint density at radius 2 is 2.04 bits per heavy atom. The van der Waals surface area contributed by atoms with E-state index in [1.807, 2.05) is 4.90 Å². The lowest BCUT2D eigenvalue weighted by atomic mass is 9.83. The number of aryl methyl sites for hydroxylation is 1. The van der Waals surface area contributed by atoms with Crippen molar-refractivity contribution in [3.8, 4) is 0 Å². The van der Waals surface area contributed by atoms with Crippen molar-refractivity contribution >= 4 is 21.6 Å². The van der Waals surface area contributed by atoms with Gasteiger partial charge < -0.3 is 9.64 Å². The number of hydrogen-bond donors (Lipinski definition) is 1. The van der Waals surface area contributed by atoms with Crippen molar-refractivity contribution in [3.05, 3.63) is 23.8 Å². The minimum Gasteiger partial charge on any atom is -0.377 e. The topological polar surface area (TPSA) is 75.7 Å². The average molecular weight is 378 g/mol. The van der Waals surface area contributed by atoms with E-state index in [0.29, 0.717) is 13.2 Å². The number of anilines is 1. The van der Waals surface area contributed by atoms with Crippen molar-refractivity contribution in [3.63, 3.8) is 0 Å². The SMILES string of the molecule is O=C(C1CCC1)N1CCCc2cc(S(=O)(=O)NCC3CCCO3)ccc21. The van der Waals surface area contributed by atoms with Crippen molar-refractivity contribution in [2.24, 2.45) is 5.92 Å². The molecule has 0 bridgehead atoms. The fraction of sp³-hybridized carbons (Fsp3) is 0.632. The summed E-state index contributed by atoms with van der Waals surface area (Å²) in [6.45, 7) is 1.74. The highest BCUT2D eigenvalue weighted by Gasteiger charge is 2.32. The smallest absolute Gasteiger partial charge is 0.240 e. The minimum atomic E-state index is -3.56. The van der Waals surface area contributed by atoms with E-state index in [4.69, 9.17) is 4.74 Å². The first kappa shape index (κ1) is 17.9. The molecule has 1 atom stereocenters. The molecule has 3 aliphatic rings. The Balaban J connectivity index is 1.51. The Morgan fingerprint density at radius 1 is 1.19 bits per heavy atom. The number of rotatable bonds is 5. The molecule has 1 saturated heterocycles. The number of benzene rings is 1. The molecule has 1 amide bonds. The van der Waals surface area contributed by atoms with Gasteiger partial charge in [-0.05, 0) is 62.3 Å². The van der Waals surface area contributed by atoms with E-state index < -0.39 is 10.0 Å². The highest BCUT2D eigenvalue weighted by molar-refractivity contribution is 7.89. The molecule has 0 radical (unpaired) electrons. The molecule has 1 aromatic carbocycles. The minimum absolute atomic E-state index is 0.0296. The lowest BCUT2D eigenvalue weighted by molar-refractivity contribution is -0.124. The van der Waals surface area contributed by atoms with Gasteiger partial charge in [-0.15, -0.1) is 0 Å². The lowest BCUT2D eigenvalue weighted by Crippen LogP contribution is -2.41. The van der Waals surface area contributed by atoms with Crippen LogP contribution in [0.2, 0.25) is 0 Å². The quantitative estimate of drug-likeness (QED) is 0.852. The molecule has 1 aromatic rings. The van der Waals surface area contributed by atoms with Gasteiger partial charge >= 0.3 is 0 Å². The van der Waals surface area contributed by atoms with E-state index in [1.165, 1.54) is 0 Å². The van der Waals surface area contributed by atoms with Gasteiger partial charge in [0, 0.05) is 31.3 Å². The number of carbonyl (C=O) groups is 1. The van der Waals surface area contributed by atoms with Crippen molar-refractivity contribution in [1.29, 1.82) is 0 Å². The molecular weight excluding hydrogens is 352 g/mol. The van der Waals surface area contributed by atoms with Crippen LogP contribution in [0.1, 0.15) is 44.1 Å². The third-order valence-corrected chi connectivity index (χ3v) is 7.15. The Labute approximate surface area is 155 Å². The van der Waals surface area contributed by atoms with Gasteiger partial charge in [-0.25, -0.2) is 13.1 Å². The van der Waals surface area contributed by atoms with Gasteiger partial charge in [0.25, 0.3) is 0 Å². The molecule has 2 fully saturated rings. The summed E-state index contributed by atoms with van der Waals surface area (Å²) in [5.41, 5.74) is 1.83. The summed E-state index contributed by atoms with van der Waals surface area (Å²) in [6, 6.07) is 5.14. The highest BCUT2D eigenvalue weighted by Crippen LogP contribution is 2.34. The number of carbonyl (C=O) groups excluding carboxylic acids is 1. The molecule has 1 N–H and O–H groups in total. The summed E-state index contributed by atoms with van der Waals surface area (Å²) in [5.74, 6) is 0.349. The molecule has 142 valence electrons. The molecule has 0 aromatic heterocycles. The van der Waals surface area contributed by atoms with Gasteiger partial charge in [0.15, 0.2) is 0 Å². The standard InChI is InChI=1S/C19H26N2O4S/c22-19(14-4-1-5-14)21-10-2-6-15-12-17(8-9-18(15)21)26(23,24)20-13-16-7-3-11-25-16/h8-9,12,14,16,20H,1-7,10-11,13H2. The van der Waals surface area contributed by atoms with Crippen LogP contribution in [0.15, 0.2) is 23.1 Å². The number of fused-ring (bicyclic) bond motifs is 1. The number of nitrogens with zero attached hydrogens (tertiary/aromatic N) is 1. The van der Waals surface area contributed by atoms with E-state index in [2.05, 4.69) is 4.72 Å². The largest absolute Gasteiger partial charge is 0.377 e. The van der Waals surface area contributed by atoms with Crippen molar-refractivity contribution in [2.75, 3.05) is 24.6 Å². The number of sulfonamides is 1. The van der Waals surface area contributed by atoms with Gasteiger partial charge in [0.2, 0.25) is 15.9 Å². The fourth-order valence-electron chi connectivity index (χ4n) is 3.94. The molecule has 0 spiro atoms. The number of amides is 1. The summed E-state index contributed by atoms with van der Waals surface area (Å²) in [4.78, 5) is 14.8. The van der Waals surface area contributed by atoms with Crippen LogP contribution in [0.4, 0.5) is 5.69 Å². The number of nitrogens with one attached hydrogen (secondary N) is 1. The van der Waals surface area contributed by atoms with Crippen molar-refractivity contribution < 1.29 is 17.9 Å². The Morgan fingerprint density at radius 3 is 2.73 bits per heavy atom. The zero-order chi connectivity index (χ0) is 18.1. The Kier molecular flexibility index (Phi) is 5.03. The number of ether oxygens (including phenoxy) is 1. The zero-order valence-electron chi connectivity index (χ0n) is 14.9. The predicted molar refractivity (Wildman–Crippen MR) is 98.6 cm³/mol. The lowest BCUT2D eigenvalue weighted by Gasteiger charge is -2.35.